The largest absolute Gasteiger partial charge is 0.465 e. The number of anilines is 1. The van der Waals surface area contributed by atoms with Crippen molar-refractivity contribution < 1.29 is 38.1 Å². The monoisotopic (exact) mass is 814 g/mol. The van der Waals surface area contributed by atoms with Crippen molar-refractivity contribution in [1.82, 2.24) is 19.7 Å². The Hall–Kier alpha value is -4.61. The zero-order valence-corrected chi connectivity index (χ0v) is 34.1. The molecule has 2 fully saturated rings. The summed E-state index contributed by atoms with van der Waals surface area (Å²) in [5, 5.41) is 41.9. The van der Waals surface area contributed by atoms with Crippen LogP contribution in [0.4, 0.5) is 5.82 Å². The highest BCUT2D eigenvalue weighted by Gasteiger charge is 2.84. The van der Waals surface area contributed by atoms with E-state index in [9.17, 15) is 24.8 Å². The second-order valence-electron chi connectivity index (χ2n) is 15.0. The van der Waals surface area contributed by atoms with Gasteiger partial charge in [0.25, 0.3) is 0 Å². The lowest BCUT2D eigenvalue weighted by atomic mass is 9.90. The summed E-state index contributed by atoms with van der Waals surface area (Å²) in [6.07, 6.45) is 18.7. The van der Waals surface area contributed by atoms with Crippen LogP contribution in [0.2, 0.25) is 0 Å². The maximum Gasteiger partial charge on any atom is 0.459 e. The van der Waals surface area contributed by atoms with Crippen molar-refractivity contribution >= 4 is 35.8 Å². The number of allylic oxidation sites excluding steroid dienone is 4. The summed E-state index contributed by atoms with van der Waals surface area (Å²) in [5.41, 5.74) is 2.19. The van der Waals surface area contributed by atoms with E-state index >= 15 is 0 Å². The van der Waals surface area contributed by atoms with Crippen LogP contribution in [0.3, 0.4) is 0 Å². The summed E-state index contributed by atoms with van der Waals surface area (Å²) in [6, 6.07) is 16.4. The molecule has 2 aliphatic rings. The molecule has 7 atom stereocenters. The predicted octanol–water partition coefficient (Wildman–Crippen LogP) is 7.60. The molecule has 4 aromatic rings. The van der Waals surface area contributed by atoms with Gasteiger partial charge in [-0.25, -0.2) is 14.1 Å². The number of nitrogens with two attached hydrogens (primary N) is 1. The molecule has 0 radical (unpaired) electrons. The number of hydrogen-bond acceptors (Lipinski definition) is 12. The predicted molar refractivity (Wildman–Crippen MR) is 220 cm³/mol. The molecule has 58 heavy (non-hydrogen) atoms. The number of ether oxygens (including phenoxy) is 2. The molecule has 2 aromatic heterocycles. The van der Waals surface area contributed by atoms with Crippen molar-refractivity contribution in [3.63, 3.8) is 0 Å². The van der Waals surface area contributed by atoms with Crippen LogP contribution in [0.1, 0.15) is 96.6 Å². The van der Waals surface area contributed by atoms with E-state index < -0.39 is 49.3 Å². The number of nitrogens with one attached hydrogen (secondary N) is 1. The van der Waals surface area contributed by atoms with E-state index in [4.69, 9.17) is 24.3 Å². The first-order chi connectivity index (χ1) is 28.1. The number of hydrogen-bond donors (Lipinski definition) is 4. The van der Waals surface area contributed by atoms with Crippen LogP contribution in [0.15, 0.2) is 85.2 Å². The van der Waals surface area contributed by atoms with Gasteiger partial charge >= 0.3 is 13.7 Å². The number of aliphatic hydroxyl groups excluding tert-OH is 1. The molecule has 0 bridgehead atoms. The van der Waals surface area contributed by atoms with Gasteiger partial charge in [0, 0.05) is 5.39 Å². The summed E-state index contributed by atoms with van der Waals surface area (Å²) in [5.74, 6) is -0.333. The fraction of sp³-hybridized carbons (Fsp3) is 0.488. The van der Waals surface area contributed by atoms with E-state index in [2.05, 4.69) is 46.4 Å². The molecule has 14 nitrogen and oxygen atoms in total. The van der Waals surface area contributed by atoms with E-state index in [1.807, 2.05) is 24.3 Å². The molecule has 6 rings (SSSR count). The fourth-order valence-electron chi connectivity index (χ4n) is 7.42. The van der Waals surface area contributed by atoms with E-state index in [-0.39, 0.29) is 23.9 Å². The lowest BCUT2D eigenvalue weighted by molar-refractivity contribution is -0.145. The Labute approximate surface area is 339 Å². The smallest absolute Gasteiger partial charge is 0.459 e. The molecule has 2 unspecified atom stereocenters. The van der Waals surface area contributed by atoms with Crippen molar-refractivity contribution in [2.45, 2.75) is 126 Å². The fourth-order valence-corrected chi connectivity index (χ4v) is 9.15. The van der Waals surface area contributed by atoms with E-state index in [0.29, 0.717) is 17.3 Å². The van der Waals surface area contributed by atoms with Crippen LogP contribution >= 0.6 is 7.75 Å². The molecule has 2 aromatic carbocycles. The Morgan fingerprint density at radius 2 is 1.74 bits per heavy atom. The molecule has 1 saturated carbocycles. The number of nitriles is 1. The number of nitrogens with zero attached hydrogens (tertiary/aromatic N) is 4. The van der Waals surface area contributed by atoms with Crippen molar-refractivity contribution in [2.24, 2.45) is 0 Å². The minimum absolute atomic E-state index is 0.107. The summed E-state index contributed by atoms with van der Waals surface area (Å²) in [4.78, 5) is 17.1. The van der Waals surface area contributed by atoms with Crippen LogP contribution in [0.5, 0.6) is 5.75 Å². The third-order valence-electron chi connectivity index (χ3n) is 10.8. The molecule has 1 saturated heterocycles. The number of nitrogen functional groups attached to an aromatic ring is 1. The number of carbonyl (C=O) groups is 1. The summed E-state index contributed by atoms with van der Waals surface area (Å²) in [6.45, 7) is 3.89. The van der Waals surface area contributed by atoms with Crippen LogP contribution in [0, 0.1) is 11.3 Å². The molecular weight excluding hydrogens is 759 g/mol. The topological polar surface area (TPSA) is 204 Å². The number of unbranched alkanes of at least 4 members (excludes halogenated alkanes) is 9. The Morgan fingerprint density at radius 3 is 2.47 bits per heavy atom. The van der Waals surface area contributed by atoms with Crippen molar-refractivity contribution in [3.05, 3.63) is 90.9 Å². The van der Waals surface area contributed by atoms with Gasteiger partial charge in [-0.3, -0.25) is 9.32 Å². The molecule has 1 aliphatic carbocycles. The highest BCUT2D eigenvalue weighted by molar-refractivity contribution is 7.52. The Morgan fingerprint density at radius 1 is 1.03 bits per heavy atom. The van der Waals surface area contributed by atoms with Crippen LogP contribution < -0.4 is 15.3 Å². The van der Waals surface area contributed by atoms with Crippen molar-refractivity contribution in [1.29, 1.82) is 5.26 Å². The van der Waals surface area contributed by atoms with Crippen LogP contribution in [-0.2, 0) is 29.0 Å². The first-order valence-electron chi connectivity index (χ1n) is 20.4. The van der Waals surface area contributed by atoms with Crippen LogP contribution in [-0.4, -0.2) is 67.3 Å². The standard InChI is InChI=1S/C43H55N6O8P/c1-3-4-5-6-7-8-9-10-11-12-13-14-15-16-17-20-28-54-40(50)31(2)48-58(53,56-35-25-21-23-32-22-18-19-24-33(32)35)57-38-37-43(38,52)41(51)42(29-44,55-37)36-27-26-34-39(45)46-30-47-49(34)36/h7-8,10-11,18-19,21-27,30-31,37-38,41,51-52H,3-6,9,12-17,20,28H2,1-2H3,(H,48,53)(H2,45,46,47)/b8-7-,11-10-/t31-,37+,38?,41-,42-,43-,58?/m0/s1. The molecule has 310 valence electrons. The quantitative estimate of drug-likeness (QED) is 0.0247. The van der Waals surface area contributed by atoms with E-state index in [1.165, 1.54) is 49.5 Å². The van der Waals surface area contributed by atoms with E-state index in [0.717, 1.165) is 50.3 Å². The maximum atomic E-state index is 14.7. The number of rotatable bonds is 23. The third-order valence-corrected chi connectivity index (χ3v) is 12.4. The summed E-state index contributed by atoms with van der Waals surface area (Å²) >= 11 is 0. The average molecular weight is 815 g/mol. The minimum Gasteiger partial charge on any atom is -0.465 e. The van der Waals surface area contributed by atoms with Gasteiger partial charge in [-0.1, -0.05) is 106 Å². The van der Waals surface area contributed by atoms with E-state index in [1.54, 1.807) is 30.3 Å². The zero-order chi connectivity index (χ0) is 41.2. The first-order valence-corrected chi connectivity index (χ1v) is 21.9. The second kappa shape index (κ2) is 19.4. The van der Waals surface area contributed by atoms with Gasteiger partial charge in [0.1, 0.15) is 48.0 Å². The maximum absolute atomic E-state index is 14.7. The molecule has 15 heteroatoms. The molecule has 0 amide bonds. The highest BCUT2D eigenvalue weighted by atomic mass is 31.2. The summed E-state index contributed by atoms with van der Waals surface area (Å²) in [7, 11) is -4.54. The van der Waals surface area contributed by atoms with Gasteiger partial charge in [-0.2, -0.15) is 15.4 Å². The van der Waals surface area contributed by atoms with Gasteiger partial charge in [0.2, 0.25) is 5.60 Å². The van der Waals surface area contributed by atoms with Crippen molar-refractivity contribution in [2.75, 3.05) is 12.3 Å². The Bertz CT molecular complexity index is 2170. The summed E-state index contributed by atoms with van der Waals surface area (Å²) < 4.78 is 39.6. The molecule has 0 spiro atoms. The third kappa shape index (κ3) is 9.47. The molecule has 1 aliphatic heterocycles. The zero-order valence-electron chi connectivity index (χ0n) is 33.2. The normalized spacial score (nSPS) is 24.2. The average Bonchev–Trinajstić information content (AvgIpc) is 3.45. The number of aromatic nitrogens is 3. The van der Waals surface area contributed by atoms with Crippen LogP contribution in [0.25, 0.3) is 16.3 Å². The molecular formula is C43H55N6O8P. The van der Waals surface area contributed by atoms with Gasteiger partial charge in [-0.15, -0.1) is 0 Å². The Balaban J connectivity index is 1.02. The molecule has 5 N–H and O–H groups in total. The number of fused-ring (bicyclic) bond motifs is 3. The second-order valence-corrected chi connectivity index (χ2v) is 16.7. The van der Waals surface area contributed by atoms with Gasteiger partial charge in [0.15, 0.2) is 11.4 Å². The minimum atomic E-state index is -4.54. The Kier molecular flexibility index (Phi) is 14.4. The lowest BCUT2D eigenvalue weighted by Gasteiger charge is -2.30. The van der Waals surface area contributed by atoms with Gasteiger partial charge < -0.3 is 29.9 Å². The van der Waals surface area contributed by atoms with Crippen molar-refractivity contribution in [3.8, 4) is 11.8 Å². The van der Waals surface area contributed by atoms with Gasteiger partial charge in [-0.05, 0) is 69.0 Å². The highest BCUT2D eigenvalue weighted by Crippen LogP contribution is 2.63. The SMILES string of the molecule is CCCCC/C=C\C/C=C\CCCCCCCCOC(=O)[C@H](C)NP(=O)(Oc1cccc2ccccc12)OC1[C@H]2O[C@@](C#N)(c3ccc4c(N)ncnn34)[C@H](O)[C@@]12O. The van der Waals surface area contributed by atoms with Gasteiger partial charge in [0.05, 0.1) is 12.3 Å². The lowest BCUT2D eigenvalue weighted by Crippen LogP contribution is -2.47. The first kappa shape index (κ1) is 43.0. The number of carbonyl (C=O) groups excluding carboxylic acids is 1. The number of esters is 1. The number of benzene rings is 2. The molecule has 3 heterocycles. The number of aliphatic hydroxyl groups is 2.